The van der Waals surface area contributed by atoms with Gasteiger partial charge in [0.2, 0.25) is 0 Å². The first-order valence-electron chi connectivity index (χ1n) is 6.91. The summed E-state index contributed by atoms with van der Waals surface area (Å²) in [6.45, 7) is 4.19. The fraction of sp³-hybridized carbons (Fsp3) is 0.235. The van der Waals surface area contributed by atoms with Crippen molar-refractivity contribution in [1.29, 1.82) is 0 Å². The van der Waals surface area contributed by atoms with Gasteiger partial charge in [-0.25, -0.2) is 4.98 Å². The molecule has 0 radical (unpaired) electrons. The predicted molar refractivity (Wildman–Crippen MR) is 90.0 cm³/mol. The van der Waals surface area contributed by atoms with Crippen LogP contribution in [0.25, 0.3) is 16.7 Å². The molecule has 0 unspecified atom stereocenters. The Kier molecular flexibility index (Phi) is 3.92. The van der Waals surface area contributed by atoms with Crippen molar-refractivity contribution in [2.24, 2.45) is 0 Å². The maximum absolute atomic E-state index is 6.19. The van der Waals surface area contributed by atoms with Gasteiger partial charge in [0.15, 0.2) is 0 Å². The molecule has 3 aromatic rings. The van der Waals surface area contributed by atoms with E-state index in [0.717, 1.165) is 39.6 Å². The van der Waals surface area contributed by atoms with Crippen LogP contribution in [-0.2, 0) is 6.42 Å². The van der Waals surface area contributed by atoms with E-state index in [0.29, 0.717) is 5.88 Å². The summed E-state index contributed by atoms with van der Waals surface area (Å²) in [4.78, 5) is 4.75. The lowest BCUT2D eigenvalue weighted by atomic mass is 10.1. The van der Waals surface area contributed by atoms with Crippen LogP contribution in [0.2, 0.25) is 5.02 Å². The molecule has 3 rings (SSSR count). The van der Waals surface area contributed by atoms with Gasteiger partial charge in [-0.15, -0.1) is 11.6 Å². The molecular weight excluding hydrogens is 303 g/mol. The van der Waals surface area contributed by atoms with Crippen LogP contribution in [0.4, 0.5) is 0 Å². The number of para-hydroxylation sites is 1. The molecular formula is C17H16Cl2N2. The van der Waals surface area contributed by atoms with Crippen LogP contribution < -0.4 is 0 Å². The number of aromatic nitrogens is 2. The maximum atomic E-state index is 6.19. The Hall–Kier alpha value is -1.51. The fourth-order valence-corrected chi connectivity index (χ4v) is 3.01. The van der Waals surface area contributed by atoms with E-state index in [9.17, 15) is 0 Å². The molecule has 1 heterocycles. The van der Waals surface area contributed by atoms with Crippen molar-refractivity contribution in [2.45, 2.75) is 20.3 Å². The quantitative estimate of drug-likeness (QED) is 0.616. The highest BCUT2D eigenvalue weighted by molar-refractivity contribution is 6.30. The van der Waals surface area contributed by atoms with E-state index >= 15 is 0 Å². The summed E-state index contributed by atoms with van der Waals surface area (Å²) in [5.74, 6) is 1.52. The number of fused-ring (bicyclic) bond motifs is 1. The first-order chi connectivity index (χ1) is 10.1. The van der Waals surface area contributed by atoms with Gasteiger partial charge in [-0.05, 0) is 43.2 Å². The number of halogens is 2. The number of hydrogen-bond donors (Lipinski definition) is 0. The zero-order valence-corrected chi connectivity index (χ0v) is 13.5. The zero-order valence-electron chi connectivity index (χ0n) is 12.0. The fourth-order valence-electron chi connectivity index (χ4n) is 2.68. The molecule has 4 heteroatoms. The molecule has 0 aliphatic rings. The summed E-state index contributed by atoms with van der Waals surface area (Å²) in [5, 5.41) is 0.725. The third-order valence-corrected chi connectivity index (χ3v) is 4.10. The SMILES string of the molecule is Cc1ccc(Cl)cc1-n1c(CCCl)nc2cccc(C)c21. The van der Waals surface area contributed by atoms with Gasteiger partial charge >= 0.3 is 0 Å². The minimum Gasteiger partial charge on any atom is -0.296 e. The molecule has 21 heavy (non-hydrogen) atoms. The van der Waals surface area contributed by atoms with Gasteiger partial charge < -0.3 is 0 Å². The van der Waals surface area contributed by atoms with Gasteiger partial charge in [0.1, 0.15) is 5.82 Å². The maximum Gasteiger partial charge on any atom is 0.115 e. The lowest BCUT2D eigenvalue weighted by Gasteiger charge is -2.13. The molecule has 0 spiro atoms. The zero-order chi connectivity index (χ0) is 15.0. The van der Waals surface area contributed by atoms with Crippen LogP contribution in [-0.4, -0.2) is 15.4 Å². The number of rotatable bonds is 3. The summed E-state index contributed by atoms with van der Waals surface area (Å²) in [7, 11) is 0. The number of imidazole rings is 1. The number of aryl methyl sites for hydroxylation is 3. The van der Waals surface area contributed by atoms with Crippen molar-refractivity contribution >= 4 is 34.2 Å². The van der Waals surface area contributed by atoms with Gasteiger partial charge in [-0.2, -0.15) is 0 Å². The highest BCUT2D eigenvalue weighted by Gasteiger charge is 2.15. The van der Waals surface area contributed by atoms with Gasteiger partial charge in [-0.1, -0.05) is 29.8 Å². The highest BCUT2D eigenvalue weighted by Crippen LogP contribution is 2.28. The van der Waals surface area contributed by atoms with Gasteiger partial charge in [-0.3, -0.25) is 4.57 Å². The summed E-state index contributed by atoms with van der Waals surface area (Å²) >= 11 is 12.1. The Morgan fingerprint density at radius 2 is 1.90 bits per heavy atom. The molecule has 0 fully saturated rings. The molecule has 2 aromatic carbocycles. The Morgan fingerprint density at radius 3 is 2.67 bits per heavy atom. The third-order valence-electron chi connectivity index (χ3n) is 3.68. The molecule has 0 aliphatic heterocycles. The lowest BCUT2D eigenvalue weighted by Crippen LogP contribution is -2.04. The molecule has 0 saturated carbocycles. The first-order valence-corrected chi connectivity index (χ1v) is 7.82. The Labute approximate surface area is 134 Å². The highest BCUT2D eigenvalue weighted by atomic mass is 35.5. The summed E-state index contributed by atoms with van der Waals surface area (Å²) in [6.07, 6.45) is 0.724. The topological polar surface area (TPSA) is 17.8 Å². The van der Waals surface area contributed by atoms with Crippen LogP contribution in [0.15, 0.2) is 36.4 Å². The lowest BCUT2D eigenvalue weighted by molar-refractivity contribution is 0.905. The number of benzene rings is 2. The van der Waals surface area contributed by atoms with Crippen molar-refractivity contribution in [3.05, 3.63) is 58.4 Å². The van der Waals surface area contributed by atoms with E-state index in [-0.39, 0.29) is 0 Å². The van der Waals surface area contributed by atoms with Crippen molar-refractivity contribution in [3.8, 4) is 5.69 Å². The Balaban J connectivity index is 2.38. The third kappa shape index (κ3) is 2.54. The molecule has 0 aliphatic carbocycles. The molecule has 108 valence electrons. The van der Waals surface area contributed by atoms with E-state index in [2.05, 4.69) is 24.5 Å². The first kappa shape index (κ1) is 14.4. The standard InChI is InChI=1S/C17H16Cl2N2/c1-11-6-7-13(19)10-15(11)21-16(8-9-18)20-14-5-3-4-12(2)17(14)21/h3-7,10H,8-9H2,1-2H3. The molecule has 0 amide bonds. The van der Waals surface area contributed by atoms with Gasteiger partial charge in [0, 0.05) is 17.3 Å². The molecule has 0 saturated heterocycles. The number of hydrogen-bond acceptors (Lipinski definition) is 1. The van der Waals surface area contributed by atoms with Crippen LogP contribution >= 0.6 is 23.2 Å². The van der Waals surface area contributed by atoms with Crippen molar-refractivity contribution < 1.29 is 0 Å². The molecule has 0 atom stereocenters. The van der Waals surface area contributed by atoms with E-state index in [1.807, 2.05) is 30.3 Å². The monoisotopic (exact) mass is 318 g/mol. The molecule has 0 bridgehead atoms. The smallest absolute Gasteiger partial charge is 0.115 e. The summed E-state index contributed by atoms with van der Waals surface area (Å²) in [6, 6.07) is 12.1. The largest absolute Gasteiger partial charge is 0.296 e. The second-order valence-corrected chi connectivity index (χ2v) is 5.99. The predicted octanol–water partition coefficient (Wildman–Crippen LogP) is 5.08. The van der Waals surface area contributed by atoms with E-state index in [1.165, 1.54) is 5.56 Å². The van der Waals surface area contributed by atoms with Crippen LogP contribution in [0.1, 0.15) is 17.0 Å². The van der Waals surface area contributed by atoms with E-state index in [1.54, 1.807) is 0 Å². The van der Waals surface area contributed by atoms with Crippen LogP contribution in [0, 0.1) is 13.8 Å². The summed E-state index contributed by atoms with van der Waals surface area (Å²) < 4.78 is 2.19. The van der Waals surface area contributed by atoms with E-state index in [4.69, 9.17) is 28.2 Å². The number of alkyl halides is 1. The summed E-state index contributed by atoms with van der Waals surface area (Å²) in [5.41, 5.74) is 5.55. The van der Waals surface area contributed by atoms with Crippen molar-refractivity contribution in [2.75, 3.05) is 5.88 Å². The second-order valence-electron chi connectivity index (χ2n) is 5.18. The van der Waals surface area contributed by atoms with Crippen LogP contribution in [0.5, 0.6) is 0 Å². The minimum atomic E-state index is 0.544. The Bertz CT molecular complexity index is 806. The minimum absolute atomic E-state index is 0.544. The number of nitrogens with zero attached hydrogens (tertiary/aromatic N) is 2. The molecule has 0 N–H and O–H groups in total. The van der Waals surface area contributed by atoms with E-state index < -0.39 is 0 Å². The van der Waals surface area contributed by atoms with Crippen LogP contribution in [0.3, 0.4) is 0 Å². The molecule has 2 nitrogen and oxygen atoms in total. The van der Waals surface area contributed by atoms with Crippen molar-refractivity contribution in [3.63, 3.8) is 0 Å². The molecule has 1 aromatic heterocycles. The Morgan fingerprint density at radius 1 is 1.10 bits per heavy atom. The van der Waals surface area contributed by atoms with Gasteiger partial charge in [0.25, 0.3) is 0 Å². The second kappa shape index (κ2) is 5.70. The average molecular weight is 319 g/mol. The van der Waals surface area contributed by atoms with Crippen molar-refractivity contribution in [1.82, 2.24) is 9.55 Å². The van der Waals surface area contributed by atoms with Gasteiger partial charge in [0.05, 0.1) is 16.7 Å². The average Bonchev–Trinajstić information content (AvgIpc) is 2.81. The normalized spacial score (nSPS) is 11.2.